The van der Waals surface area contributed by atoms with Gasteiger partial charge in [0.25, 0.3) is 0 Å². The summed E-state index contributed by atoms with van der Waals surface area (Å²) in [5, 5.41) is 10.6. The van der Waals surface area contributed by atoms with Crippen LogP contribution in [0.2, 0.25) is 0 Å². The summed E-state index contributed by atoms with van der Waals surface area (Å²) in [6.07, 6.45) is 58.4. The molecule has 0 aromatic heterocycles. The highest BCUT2D eigenvalue weighted by molar-refractivity contribution is 7.47. The first kappa shape index (κ1) is 93.1. The molecule has 564 valence electrons. The molecule has 0 aromatic rings. The number of phosphoric ester groups is 2. The number of aliphatic hydroxyl groups excluding tert-OH is 1. The van der Waals surface area contributed by atoms with Crippen molar-refractivity contribution in [3.05, 3.63) is 0 Å². The van der Waals surface area contributed by atoms with Crippen molar-refractivity contribution in [2.45, 2.75) is 419 Å². The zero-order chi connectivity index (χ0) is 69.8. The third-order valence-corrected chi connectivity index (χ3v) is 19.7. The largest absolute Gasteiger partial charge is 0.472 e. The van der Waals surface area contributed by atoms with Crippen molar-refractivity contribution in [2.24, 2.45) is 5.92 Å². The van der Waals surface area contributed by atoms with Gasteiger partial charge in [0.05, 0.1) is 26.4 Å². The summed E-state index contributed by atoms with van der Waals surface area (Å²) in [6.45, 7) is 7.22. The van der Waals surface area contributed by atoms with Crippen LogP contribution >= 0.6 is 15.6 Å². The number of ether oxygens (including phenoxy) is 4. The molecule has 0 heterocycles. The number of carbonyl (C=O) groups excluding carboxylic acids is 4. The molecule has 0 bridgehead atoms. The molecule has 0 aromatic carbocycles. The van der Waals surface area contributed by atoms with Gasteiger partial charge in [-0.1, -0.05) is 349 Å². The Bertz CT molecular complexity index is 1820. The van der Waals surface area contributed by atoms with E-state index in [1.807, 2.05) is 0 Å². The molecule has 0 aliphatic carbocycles. The summed E-state index contributed by atoms with van der Waals surface area (Å²) in [7, 11) is -9.91. The summed E-state index contributed by atoms with van der Waals surface area (Å²) >= 11 is 0. The number of hydrogen-bond donors (Lipinski definition) is 3. The Morgan fingerprint density at radius 2 is 0.484 bits per heavy atom. The molecule has 0 saturated heterocycles. The van der Waals surface area contributed by atoms with Crippen LogP contribution in [0.1, 0.15) is 401 Å². The maximum Gasteiger partial charge on any atom is 0.472 e. The van der Waals surface area contributed by atoms with Gasteiger partial charge in [-0.15, -0.1) is 0 Å². The van der Waals surface area contributed by atoms with Crippen LogP contribution < -0.4 is 0 Å². The van der Waals surface area contributed by atoms with Gasteiger partial charge in [-0.05, 0) is 31.6 Å². The van der Waals surface area contributed by atoms with E-state index in [4.69, 9.17) is 37.0 Å². The molecule has 0 radical (unpaired) electrons. The lowest BCUT2D eigenvalue weighted by atomic mass is 10.0. The fourth-order valence-electron chi connectivity index (χ4n) is 11.7. The average Bonchev–Trinajstić information content (AvgIpc) is 2.54. The molecule has 95 heavy (non-hydrogen) atoms. The fourth-order valence-corrected chi connectivity index (χ4v) is 13.3. The third kappa shape index (κ3) is 70.3. The highest BCUT2D eigenvalue weighted by atomic mass is 31.2. The molecule has 0 aliphatic rings. The van der Waals surface area contributed by atoms with Crippen molar-refractivity contribution in [3.8, 4) is 0 Å². The van der Waals surface area contributed by atoms with Crippen LogP contribution in [0.15, 0.2) is 0 Å². The Kier molecular flexibility index (Phi) is 67.7. The van der Waals surface area contributed by atoms with E-state index < -0.39 is 97.5 Å². The van der Waals surface area contributed by atoms with Gasteiger partial charge in [-0.3, -0.25) is 37.3 Å². The number of aliphatic hydroxyl groups is 1. The van der Waals surface area contributed by atoms with Crippen LogP contribution in [0.3, 0.4) is 0 Å². The number of rotatable bonds is 76. The molecule has 2 unspecified atom stereocenters. The van der Waals surface area contributed by atoms with Gasteiger partial charge in [0, 0.05) is 25.7 Å². The van der Waals surface area contributed by atoms with Crippen LogP contribution in [0.25, 0.3) is 0 Å². The smallest absolute Gasteiger partial charge is 0.462 e. The van der Waals surface area contributed by atoms with Crippen LogP contribution in [0, 0.1) is 5.92 Å². The molecule has 17 nitrogen and oxygen atoms in total. The number of carbonyl (C=O) groups is 4. The maximum absolute atomic E-state index is 13.1. The summed E-state index contributed by atoms with van der Waals surface area (Å²) in [6, 6.07) is 0. The molecule has 3 N–H and O–H groups in total. The van der Waals surface area contributed by atoms with Crippen molar-refractivity contribution in [3.63, 3.8) is 0 Å². The molecule has 0 spiro atoms. The van der Waals surface area contributed by atoms with E-state index >= 15 is 0 Å². The van der Waals surface area contributed by atoms with E-state index in [2.05, 4.69) is 34.6 Å². The summed E-state index contributed by atoms with van der Waals surface area (Å²) in [5.41, 5.74) is 0. The van der Waals surface area contributed by atoms with Crippen molar-refractivity contribution < 1.29 is 80.2 Å². The van der Waals surface area contributed by atoms with Gasteiger partial charge in [-0.25, -0.2) is 9.13 Å². The summed E-state index contributed by atoms with van der Waals surface area (Å²) in [4.78, 5) is 72.7. The van der Waals surface area contributed by atoms with Crippen molar-refractivity contribution >= 4 is 39.5 Å². The van der Waals surface area contributed by atoms with Crippen molar-refractivity contribution in [1.82, 2.24) is 0 Å². The Hall–Kier alpha value is -1.94. The lowest BCUT2D eigenvalue weighted by Gasteiger charge is -2.21. The number of unbranched alkanes of at least 4 members (excludes halogenated alkanes) is 48. The van der Waals surface area contributed by atoms with Crippen LogP contribution in [0.4, 0.5) is 0 Å². The highest BCUT2D eigenvalue weighted by Crippen LogP contribution is 2.45. The molecular weight excluding hydrogens is 1250 g/mol. The normalized spacial score (nSPS) is 13.9. The van der Waals surface area contributed by atoms with Gasteiger partial charge in [-0.2, -0.15) is 0 Å². The summed E-state index contributed by atoms with van der Waals surface area (Å²) in [5.74, 6) is -1.42. The molecule has 0 saturated carbocycles. The van der Waals surface area contributed by atoms with Gasteiger partial charge < -0.3 is 33.8 Å². The first-order valence-electron chi connectivity index (χ1n) is 39.6. The molecule has 0 amide bonds. The lowest BCUT2D eigenvalue weighted by Crippen LogP contribution is -2.30. The second-order valence-electron chi connectivity index (χ2n) is 27.9. The van der Waals surface area contributed by atoms with Crippen LogP contribution in [-0.4, -0.2) is 96.7 Å². The quantitative estimate of drug-likeness (QED) is 0.0222. The van der Waals surface area contributed by atoms with E-state index in [0.29, 0.717) is 31.6 Å². The Balaban J connectivity index is 5.21. The first-order valence-corrected chi connectivity index (χ1v) is 42.6. The third-order valence-electron chi connectivity index (χ3n) is 17.8. The zero-order valence-electron chi connectivity index (χ0n) is 61.8. The fraction of sp³-hybridized carbons (Fsp3) is 0.947. The second kappa shape index (κ2) is 69.2. The SMILES string of the molecule is CCCCCCCCCCCCCCCCCCCCC(=O)O[C@H](COC(=O)CCCCCCCCCCCCCCCCCCC)COP(=O)(O)OC[C@@H](O)COP(=O)(O)OC[C@@H](COC(=O)CCCCCCCCCCCC)OC(=O)CCCCCCCCCC(C)C. The first-order chi connectivity index (χ1) is 46.0. The van der Waals surface area contributed by atoms with Gasteiger partial charge in [0.1, 0.15) is 19.3 Å². The van der Waals surface area contributed by atoms with Crippen LogP contribution in [0.5, 0.6) is 0 Å². The number of esters is 4. The molecule has 0 rings (SSSR count). The predicted molar refractivity (Wildman–Crippen MR) is 386 cm³/mol. The van der Waals surface area contributed by atoms with Gasteiger partial charge in [0.2, 0.25) is 0 Å². The number of hydrogen-bond acceptors (Lipinski definition) is 15. The van der Waals surface area contributed by atoms with Crippen LogP contribution in [-0.2, 0) is 65.4 Å². The van der Waals surface area contributed by atoms with Gasteiger partial charge in [0.15, 0.2) is 12.2 Å². The second-order valence-corrected chi connectivity index (χ2v) is 30.8. The minimum Gasteiger partial charge on any atom is -0.462 e. The molecule has 5 atom stereocenters. The van der Waals surface area contributed by atoms with E-state index in [-0.39, 0.29) is 25.7 Å². The molecule has 0 aliphatic heterocycles. The standard InChI is InChI=1S/C76H148O17P2/c1-6-9-12-15-18-21-24-26-28-30-32-34-36-38-41-46-51-56-61-75(80)92-71(65-87-74(79)60-55-50-45-40-37-35-33-31-29-27-25-22-19-16-13-10-7-2)67-90-94(82,83)88-63-70(77)64-89-95(84,85)91-68-72(93-76(81)62-57-52-47-42-43-48-53-58-69(4)5)66-86-73(78)59-54-49-44-39-23-20-17-14-11-8-3/h69-72,77H,6-68H2,1-5H3,(H,82,83)(H,84,85)/t70-,71-,72-/m1/s1. The topological polar surface area (TPSA) is 237 Å². The van der Waals surface area contributed by atoms with E-state index in [9.17, 15) is 43.2 Å². The molecule has 19 heteroatoms. The van der Waals surface area contributed by atoms with Crippen molar-refractivity contribution in [1.29, 1.82) is 0 Å². The molecule has 0 fully saturated rings. The Morgan fingerprint density at radius 1 is 0.284 bits per heavy atom. The predicted octanol–water partition coefficient (Wildman–Crippen LogP) is 22.5. The Morgan fingerprint density at radius 3 is 0.716 bits per heavy atom. The zero-order valence-corrected chi connectivity index (χ0v) is 63.6. The summed E-state index contributed by atoms with van der Waals surface area (Å²) < 4.78 is 68.5. The van der Waals surface area contributed by atoms with E-state index in [1.165, 1.54) is 225 Å². The maximum atomic E-state index is 13.1. The van der Waals surface area contributed by atoms with Crippen molar-refractivity contribution in [2.75, 3.05) is 39.6 Å². The lowest BCUT2D eigenvalue weighted by molar-refractivity contribution is -0.161. The highest BCUT2D eigenvalue weighted by Gasteiger charge is 2.30. The van der Waals surface area contributed by atoms with E-state index in [0.717, 1.165) is 89.9 Å². The number of phosphoric acid groups is 2. The average molecular weight is 1400 g/mol. The van der Waals surface area contributed by atoms with Gasteiger partial charge >= 0.3 is 39.5 Å². The minimum atomic E-state index is -4.96. The Labute approximate surface area is 581 Å². The molecular formula is C76H148O17P2. The minimum absolute atomic E-state index is 0.104. The van der Waals surface area contributed by atoms with E-state index in [1.54, 1.807) is 0 Å². The monoisotopic (exact) mass is 1400 g/mol.